The van der Waals surface area contributed by atoms with Crippen LogP contribution in [-0.4, -0.2) is 10.6 Å². The van der Waals surface area contributed by atoms with E-state index < -0.39 is 0 Å². The largest absolute Gasteiger partial charge is 0.343 e. The predicted molar refractivity (Wildman–Crippen MR) is 89.6 cm³/mol. The molecular formula is C19H22N2. The predicted octanol–water partition coefficient (Wildman–Crippen LogP) is 3.89. The first-order valence-corrected chi connectivity index (χ1v) is 7.51. The summed E-state index contributed by atoms with van der Waals surface area (Å²) in [5.74, 6) is 0. The monoisotopic (exact) mass is 278 g/mol. The van der Waals surface area contributed by atoms with Crippen LogP contribution >= 0.6 is 0 Å². The van der Waals surface area contributed by atoms with Gasteiger partial charge in [0.25, 0.3) is 0 Å². The Morgan fingerprint density at radius 2 is 1.81 bits per heavy atom. The number of fused-ring (bicyclic) bond motifs is 1. The van der Waals surface area contributed by atoms with Crippen molar-refractivity contribution < 1.29 is 0 Å². The number of rotatable bonds is 4. The zero-order valence-electron chi connectivity index (χ0n) is 12.7. The van der Waals surface area contributed by atoms with Crippen molar-refractivity contribution in [3.05, 3.63) is 71.4 Å². The van der Waals surface area contributed by atoms with Crippen molar-refractivity contribution in [1.29, 1.82) is 0 Å². The number of aryl methyl sites for hydroxylation is 1. The minimum Gasteiger partial charge on any atom is -0.343 e. The highest BCUT2D eigenvalue weighted by molar-refractivity contribution is 5.83. The molecule has 0 aliphatic heterocycles. The molecule has 1 atom stereocenters. The molecule has 108 valence electrons. The molecule has 0 aliphatic rings. The van der Waals surface area contributed by atoms with E-state index in [2.05, 4.69) is 73.1 Å². The van der Waals surface area contributed by atoms with Crippen LogP contribution in [0.1, 0.15) is 23.6 Å². The first-order chi connectivity index (χ1) is 10.1. The van der Waals surface area contributed by atoms with Crippen LogP contribution in [0, 0.1) is 6.92 Å². The second-order valence-electron chi connectivity index (χ2n) is 5.97. The van der Waals surface area contributed by atoms with E-state index in [0.29, 0.717) is 0 Å². The molecule has 2 nitrogen and oxygen atoms in total. The molecule has 0 spiro atoms. The summed E-state index contributed by atoms with van der Waals surface area (Å²) in [5.41, 5.74) is 11.3. The Kier molecular flexibility index (Phi) is 3.80. The fourth-order valence-corrected chi connectivity index (χ4v) is 2.87. The highest BCUT2D eigenvalue weighted by atomic mass is 15.0. The lowest BCUT2D eigenvalue weighted by atomic mass is 10.0. The van der Waals surface area contributed by atoms with Gasteiger partial charge >= 0.3 is 0 Å². The van der Waals surface area contributed by atoms with Crippen LogP contribution in [0.15, 0.2) is 54.7 Å². The number of aromatic nitrogens is 1. The molecule has 3 rings (SSSR count). The molecule has 2 heteroatoms. The number of hydrogen-bond acceptors (Lipinski definition) is 1. The fourth-order valence-electron chi connectivity index (χ4n) is 2.87. The lowest BCUT2D eigenvalue weighted by Crippen LogP contribution is -2.18. The maximum Gasteiger partial charge on any atom is 0.0516 e. The van der Waals surface area contributed by atoms with Crippen LogP contribution in [0.5, 0.6) is 0 Å². The van der Waals surface area contributed by atoms with Crippen LogP contribution in [0.2, 0.25) is 0 Å². The molecule has 21 heavy (non-hydrogen) atoms. The second kappa shape index (κ2) is 5.74. The minimum absolute atomic E-state index is 0.179. The summed E-state index contributed by atoms with van der Waals surface area (Å²) in [4.78, 5) is 0. The Bertz CT molecular complexity index is 736. The van der Waals surface area contributed by atoms with E-state index in [-0.39, 0.29) is 6.04 Å². The van der Waals surface area contributed by atoms with Gasteiger partial charge < -0.3 is 10.3 Å². The van der Waals surface area contributed by atoms with Crippen LogP contribution in [0.4, 0.5) is 0 Å². The SMILES string of the molecule is Cc1ccc(Cn2ccc3cccc(CC(C)N)c32)cc1. The van der Waals surface area contributed by atoms with E-state index in [1.54, 1.807) is 0 Å². The van der Waals surface area contributed by atoms with E-state index in [1.807, 2.05) is 0 Å². The molecule has 0 saturated heterocycles. The van der Waals surface area contributed by atoms with Gasteiger partial charge in [-0.15, -0.1) is 0 Å². The molecule has 0 radical (unpaired) electrons. The number of nitrogens with two attached hydrogens (primary N) is 1. The molecule has 2 N–H and O–H groups in total. The van der Waals surface area contributed by atoms with Gasteiger partial charge in [0.15, 0.2) is 0 Å². The van der Waals surface area contributed by atoms with Crippen LogP contribution < -0.4 is 5.73 Å². The average Bonchev–Trinajstić information content (AvgIpc) is 2.85. The Morgan fingerprint density at radius 3 is 2.52 bits per heavy atom. The van der Waals surface area contributed by atoms with Crippen LogP contribution in [-0.2, 0) is 13.0 Å². The molecule has 1 aromatic heterocycles. The van der Waals surface area contributed by atoms with E-state index in [1.165, 1.54) is 27.6 Å². The van der Waals surface area contributed by atoms with Gasteiger partial charge in [-0.25, -0.2) is 0 Å². The molecule has 1 unspecified atom stereocenters. The lowest BCUT2D eigenvalue weighted by molar-refractivity contribution is 0.735. The second-order valence-corrected chi connectivity index (χ2v) is 5.97. The van der Waals surface area contributed by atoms with Crippen molar-refractivity contribution in [1.82, 2.24) is 4.57 Å². The Balaban J connectivity index is 2.00. The van der Waals surface area contributed by atoms with E-state index in [0.717, 1.165) is 13.0 Å². The standard InChI is InChI=1S/C19H22N2/c1-14-6-8-16(9-7-14)13-21-11-10-17-4-3-5-18(19(17)21)12-15(2)20/h3-11,15H,12-13,20H2,1-2H3. The molecule has 1 heterocycles. The zero-order valence-corrected chi connectivity index (χ0v) is 12.7. The van der Waals surface area contributed by atoms with Gasteiger partial charge in [-0.05, 0) is 42.8 Å². The summed E-state index contributed by atoms with van der Waals surface area (Å²) >= 11 is 0. The van der Waals surface area contributed by atoms with Gasteiger partial charge in [-0.2, -0.15) is 0 Å². The highest BCUT2D eigenvalue weighted by Gasteiger charge is 2.08. The maximum absolute atomic E-state index is 5.99. The molecule has 0 aliphatic carbocycles. The van der Waals surface area contributed by atoms with Gasteiger partial charge in [0.05, 0.1) is 5.52 Å². The zero-order chi connectivity index (χ0) is 14.8. The topological polar surface area (TPSA) is 30.9 Å². The third kappa shape index (κ3) is 3.01. The highest BCUT2D eigenvalue weighted by Crippen LogP contribution is 2.22. The third-order valence-electron chi connectivity index (χ3n) is 3.89. The number of nitrogens with zero attached hydrogens (tertiary/aromatic N) is 1. The van der Waals surface area contributed by atoms with E-state index in [4.69, 9.17) is 5.73 Å². The van der Waals surface area contributed by atoms with Crippen LogP contribution in [0.3, 0.4) is 0 Å². The summed E-state index contributed by atoms with van der Waals surface area (Å²) < 4.78 is 2.33. The summed E-state index contributed by atoms with van der Waals surface area (Å²) in [6.07, 6.45) is 3.09. The molecule has 0 bridgehead atoms. The Labute approximate surface area is 126 Å². The average molecular weight is 278 g/mol. The Morgan fingerprint density at radius 1 is 1.05 bits per heavy atom. The normalized spacial score (nSPS) is 12.7. The lowest BCUT2D eigenvalue weighted by Gasteiger charge is -2.12. The smallest absolute Gasteiger partial charge is 0.0516 e. The Hall–Kier alpha value is -2.06. The number of benzene rings is 2. The van der Waals surface area contributed by atoms with Crippen molar-refractivity contribution in [3.63, 3.8) is 0 Å². The summed E-state index contributed by atoms with van der Waals surface area (Å²) in [7, 11) is 0. The van der Waals surface area contributed by atoms with Crippen molar-refractivity contribution in [2.24, 2.45) is 5.73 Å². The van der Waals surface area contributed by atoms with Gasteiger partial charge in [0.1, 0.15) is 0 Å². The van der Waals surface area contributed by atoms with E-state index in [9.17, 15) is 0 Å². The minimum atomic E-state index is 0.179. The van der Waals surface area contributed by atoms with E-state index >= 15 is 0 Å². The van der Waals surface area contributed by atoms with Crippen molar-refractivity contribution in [3.8, 4) is 0 Å². The summed E-state index contributed by atoms with van der Waals surface area (Å²) in [5, 5.41) is 1.29. The summed E-state index contributed by atoms with van der Waals surface area (Å²) in [6.45, 7) is 5.08. The van der Waals surface area contributed by atoms with Gasteiger partial charge in [0, 0.05) is 18.8 Å². The van der Waals surface area contributed by atoms with Crippen LogP contribution in [0.25, 0.3) is 10.9 Å². The first-order valence-electron chi connectivity index (χ1n) is 7.51. The number of hydrogen-bond donors (Lipinski definition) is 1. The van der Waals surface area contributed by atoms with Crippen molar-refractivity contribution in [2.75, 3.05) is 0 Å². The maximum atomic E-state index is 5.99. The quantitative estimate of drug-likeness (QED) is 0.771. The molecule has 0 fully saturated rings. The summed E-state index contributed by atoms with van der Waals surface area (Å²) in [6, 6.07) is 17.6. The first kappa shape index (κ1) is 13.9. The molecular weight excluding hydrogens is 256 g/mol. The molecule has 0 saturated carbocycles. The van der Waals surface area contributed by atoms with Gasteiger partial charge in [0.2, 0.25) is 0 Å². The van der Waals surface area contributed by atoms with Crippen molar-refractivity contribution in [2.45, 2.75) is 32.9 Å². The number of para-hydroxylation sites is 1. The molecule has 0 amide bonds. The van der Waals surface area contributed by atoms with Gasteiger partial charge in [-0.3, -0.25) is 0 Å². The van der Waals surface area contributed by atoms with Gasteiger partial charge in [-0.1, -0.05) is 48.0 Å². The molecule has 2 aromatic carbocycles. The van der Waals surface area contributed by atoms with Crippen molar-refractivity contribution >= 4 is 10.9 Å². The molecule has 3 aromatic rings. The fraction of sp³-hybridized carbons (Fsp3) is 0.263. The third-order valence-corrected chi connectivity index (χ3v) is 3.89.